The minimum atomic E-state index is -3.52. The van der Waals surface area contributed by atoms with Crippen LogP contribution in [0.1, 0.15) is 24.0 Å². The van der Waals surface area contributed by atoms with Crippen LogP contribution in [0.3, 0.4) is 0 Å². The summed E-state index contributed by atoms with van der Waals surface area (Å²) in [7, 11) is 3.41. The van der Waals surface area contributed by atoms with E-state index in [-0.39, 0.29) is 11.4 Å². The second-order valence-electron chi connectivity index (χ2n) is 4.04. The SMILES string of the molecule is COC1(c2ccccc2CS(=O)(=O)Cl)CC1. The van der Waals surface area contributed by atoms with Gasteiger partial charge in [0.15, 0.2) is 0 Å². The van der Waals surface area contributed by atoms with E-state index in [1.165, 1.54) is 0 Å². The number of methoxy groups -OCH3 is 1. The molecular weight excluding hydrogens is 248 g/mol. The largest absolute Gasteiger partial charge is 0.374 e. The first-order chi connectivity index (χ1) is 7.47. The minimum absolute atomic E-state index is 0.143. The van der Waals surface area contributed by atoms with Gasteiger partial charge in [-0.3, -0.25) is 0 Å². The Morgan fingerprint density at radius 2 is 2.00 bits per heavy atom. The maximum Gasteiger partial charge on any atom is 0.236 e. The van der Waals surface area contributed by atoms with Gasteiger partial charge in [0.25, 0.3) is 0 Å². The highest BCUT2D eigenvalue weighted by molar-refractivity contribution is 8.13. The fourth-order valence-electron chi connectivity index (χ4n) is 1.97. The number of hydrogen-bond donors (Lipinski definition) is 0. The van der Waals surface area contributed by atoms with Crippen LogP contribution in [0.15, 0.2) is 24.3 Å². The van der Waals surface area contributed by atoms with Crippen LogP contribution >= 0.6 is 10.7 Å². The molecule has 1 aliphatic rings. The first-order valence-electron chi connectivity index (χ1n) is 5.03. The summed E-state index contributed by atoms with van der Waals surface area (Å²) in [6.45, 7) is 0. The summed E-state index contributed by atoms with van der Waals surface area (Å²) in [5.74, 6) is -0.143. The van der Waals surface area contributed by atoms with Crippen LogP contribution in [0.25, 0.3) is 0 Å². The van der Waals surface area contributed by atoms with Crippen molar-refractivity contribution >= 4 is 19.7 Å². The zero-order valence-corrected chi connectivity index (χ0v) is 10.5. The maximum atomic E-state index is 11.1. The van der Waals surface area contributed by atoms with E-state index in [1.54, 1.807) is 13.2 Å². The molecule has 0 radical (unpaired) electrons. The average Bonchev–Trinajstić information content (AvgIpc) is 2.97. The van der Waals surface area contributed by atoms with Gasteiger partial charge in [0.2, 0.25) is 9.05 Å². The van der Waals surface area contributed by atoms with Gasteiger partial charge in [0.05, 0.1) is 11.4 Å². The quantitative estimate of drug-likeness (QED) is 0.781. The molecule has 5 heteroatoms. The molecule has 0 aliphatic heterocycles. The Balaban J connectivity index is 2.39. The molecule has 1 aromatic rings. The van der Waals surface area contributed by atoms with Gasteiger partial charge in [-0.25, -0.2) is 8.42 Å². The van der Waals surface area contributed by atoms with Crippen molar-refractivity contribution in [3.8, 4) is 0 Å². The fraction of sp³-hybridized carbons (Fsp3) is 0.455. The molecule has 0 unspecified atom stereocenters. The third-order valence-electron chi connectivity index (χ3n) is 2.93. The molecule has 0 amide bonds. The van der Waals surface area contributed by atoms with Gasteiger partial charge < -0.3 is 4.74 Å². The Bertz CT molecular complexity index is 492. The second kappa shape index (κ2) is 4.02. The van der Waals surface area contributed by atoms with E-state index >= 15 is 0 Å². The van der Waals surface area contributed by atoms with Gasteiger partial charge in [-0.05, 0) is 24.0 Å². The van der Waals surface area contributed by atoms with Crippen LogP contribution in [0.2, 0.25) is 0 Å². The zero-order valence-electron chi connectivity index (χ0n) is 8.94. The third-order valence-corrected chi connectivity index (χ3v) is 3.91. The molecule has 1 aromatic carbocycles. The lowest BCUT2D eigenvalue weighted by Gasteiger charge is -2.17. The third kappa shape index (κ3) is 2.39. The Labute approximate surface area is 99.8 Å². The smallest absolute Gasteiger partial charge is 0.236 e. The van der Waals surface area contributed by atoms with Crippen LogP contribution in [0, 0.1) is 0 Å². The minimum Gasteiger partial charge on any atom is -0.374 e. The van der Waals surface area contributed by atoms with Crippen molar-refractivity contribution in [2.45, 2.75) is 24.2 Å². The highest BCUT2D eigenvalue weighted by atomic mass is 35.7. The number of halogens is 1. The number of ether oxygens (including phenoxy) is 1. The monoisotopic (exact) mass is 260 g/mol. The Morgan fingerprint density at radius 3 is 2.50 bits per heavy atom. The molecule has 3 nitrogen and oxygen atoms in total. The van der Waals surface area contributed by atoms with Crippen molar-refractivity contribution in [1.82, 2.24) is 0 Å². The van der Waals surface area contributed by atoms with E-state index in [1.807, 2.05) is 18.2 Å². The average molecular weight is 261 g/mol. The molecule has 0 N–H and O–H groups in total. The topological polar surface area (TPSA) is 43.4 Å². The lowest BCUT2D eigenvalue weighted by Crippen LogP contribution is -2.13. The lowest BCUT2D eigenvalue weighted by molar-refractivity contribution is 0.0783. The zero-order chi connectivity index (χ0) is 11.8. The first kappa shape index (κ1) is 11.9. The first-order valence-corrected chi connectivity index (χ1v) is 7.51. The molecule has 1 saturated carbocycles. The summed E-state index contributed by atoms with van der Waals surface area (Å²) in [6.07, 6.45) is 1.87. The van der Waals surface area contributed by atoms with Crippen LogP contribution in [-0.4, -0.2) is 15.5 Å². The molecule has 16 heavy (non-hydrogen) atoms. The number of rotatable bonds is 4. The van der Waals surface area contributed by atoms with Crippen molar-refractivity contribution < 1.29 is 13.2 Å². The van der Waals surface area contributed by atoms with E-state index in [0.717, 1.165) is 24.0 Å². The van der Waals surface area contributed by atoms with Crippen molar-refractivity contribution in [1.29, 1.82) is 0 Å². The van der Waals surface area contributed by atoms with Crippen molar-refractivity contribution in [3.63, 3.8) is 0 Å². The summed E-state index contributed by atoms with van der Waals surface area (Å²) in [5, 5.41) is 0. The molecule has 1 fully saturated rings. The Hall–Kier alpha value is -0.580. The molecule has 2 rings (SSSR count). The van der Waals surface area contributed by atoms with E-state index in [2.05, 4.69) is 0 Å². The molecule has 0 saturated heterocycles. The summed E-state index contributed by atoms with van der Waals surface area (Å²) in [5.41, 5.74) is 1.40. The molecule has 1 aliphatic carbocycles. The summed E-state index contributed by atoms with van der Waals surface area (Å²) < 4.78 is 27.7. The lowest BCUT2D eigenvalue weighted by atomic mass is 10.0. The Kier molecular flexibility index (Phi) is 2.99. The predicted molar refractivity (Wildman–Crippen MR) is 62.8 cm³/mol. The van der Waals surface area contributed by atoms with Crippen LogP contribution in [0.5, 0.6) is 0 Å². The van der Waals surface area contributed by atoms with Gasteiger partial charge in [-0.2, -0.15) is 0 Å². The van der Waals surface area contributed by atoms with E-state index < -0.39 is 9.05 Å². The molecule has 0 spiro atoms. The van der Waals surface area contributed by atoms with E-state index in [4.69, 9.17) is 15.4 Å². The summed E-state index contributed by atoms with van der Waals surface area (Å²) in [6, 6.07) is 7.40. The molecule has 0 aromatic heterocycles. The van der Waals surface area contributed by atoms with Gasteiger partial charge in [-0.15, -0.1) is 0 Å². The highest BCUT2D eigenvalue weighted by Crippen LogP contribution is 2.50. The second-order valence-corrected chi connectivity index (χ2v) is 6.82. The molecule has 0 heterocycles. The number of benzene rings is 1. The van der Waals surface area contributed by atoms with Crippen molar-refractivity contribution in [2.75, 3.05) is 7.11 Å². The Morgan fingerprint density at radius 1 is 1.38 bits per heavy atom. The van der Waals surface area contributed by atoms with Gasteiger partial charge in [-0.1, -0.05) is 24.3 Å². The van der Waals surface area contributed by atoms with Crippen LogP contribution in [-0.2, 0) is 25.1 Å². The van der Waals surface area contributed by atoms with Gasteiger partial charge in [0, 0.05) is 17.8 Å². The molecular formula is C11H13ClO3S. The summed E-state index contributed by atoms with van der Waals surface area (Å²) >= 11 is 0. The van der Waals surface area contributed by atoms with Crippen molar-refractivity contribution in [2.24, 2.45) is 0 Å². The van der Waals surface area contributed by atoms with Crippen LogP contribution < -0.4 is 0 Å². The van der Waals surface area contributed by atoms with Crippen molar-refractivity contribution in [3.05, 3.63) is 35.4 Å². The van der Waals surface area contributed by atoms with E-state index in [9.17, 15) is 8.42 Å². The number of hydrogen-bond acceptors (Lipinski definition) is 3. The van der Waals surface area contributed by atoms with Gasteiger partial charge >= 0.3 is 0 Å². The fourth-order valence-corrected chi connectivity index (χ4v) is 2.95. The van der Waals surface area contributed by atoms with E-state index in [0.29, 0.717) is 0 Å². The summed E-state index contributed by atoms with van der Waals surface area (Å²) in [4.78, 5) is 0. The predicted octanol–water partition coefficient (Wildman–Crippen LogP) is 2.39. The highest BCUT2D eigenvalue weighted by Gasteiger charge is 2.46. The molecule has 88 valence electrons. The maximum absolute atomic E-state index is 11.1. The standard InChI is InChI=1S/C11H13ClO3S/c1-15-11(6-7-11)10-5-3-2-4-9(10)8-16(12,13)14/h2-5H,6-8H2,1H3. The molecule has 0 bridgehead atoms. The van der Waals surface area contributed by atoms with Gasteiger partial charge in [0.1, 0.15) is 0 Å². The normalized spacial score (nSPS) is 18.4. The molecule has 0 atom stereocenters. The van der Waals surface area contributed by atoms with Crippen LogP contribution in [0.4, 0.5) is 0 Å².